The summed E-state index contributed by atoms with van der Waals surface area (Å²) < 4.78 is 10.4. The van der Waals surface area contributed by atoms with Gasteiger partial charge in [0.1, 0.15) is 5.57 Å². The van der Waals surface area contributed by atoms with Gasteiger partial charge in [0, 0.05) is 0 Å². The van der Waals surface area contributed by atoms with E-state index in [1.54, 1.807) is 36.4 Å². The topological polar surface area (TPSA) is 84.9 Å². The van der Waals surface area contributed by atoms with E-state index in [2.05, 4.69) is 5.32 Å². The number of para-hydroxylation sites is 1. The summed E-state index contributed by atoms with van der Waals surface area (Å²) in [6.45, 7) is 0. The molecule has 0 aliphatic carbocycles. The summed E-state index contributed by atoms with van der Waals surface area (Å²) in [5.74, 6) is -0.845. The molecule has 1 aliphatic heterocycles. The highest BCUT2D eigenvalue weighted by Gasteiger charge is 2.36. The monoisotopic (exact) mass is 386 g/mol. The Labute approximate surface area is 160 Å². The van der Waals surface area contributed by atoms with Gasteiger partial charge in [-0.25, -0.2) is 9.69 Å². The third kappa shape index (κ3) is 3.50. The van der Waals surface area contributed by atoms with Gasteiger partial charge in [0.25, 0.3) is 11.8 Å². The smallest absolute Gasteiger partial charge is 0.335 e. The quantitative estimate of drug-likeness (QED) is 0.645. The Morgan fingerprint density at radius 3 is 2.37 bits per heavy atom. The highest BCUT2D eigenvalue weighted by molar-refractivity contribution is 6.39. The molecule has 7 nitrogen and oxygen atoms in total. The molecule has 1 saturated heterocycles. The number of halogens is 1. The first-order valence-electron chi connectivity index (χ1n) is 7.84. The highest BCUT2D eigenvalue weighted by atomic mass is 35.5. The maximum atomic E-state index is 12.8. The van der Waals surface area contributed by atoms with E-state index in [0.717, 1.165) is 4.90 Å². The molecule has 0 bridgehead atoms. The predicted octanol–water partition coefficient (Wildman–Crippen LogP) is 3.02. The Balaban J connectivity index is 2.05. The number of benzene rings is 2. The first kappa shape index (κ1) is 18.5. The minimum Gasteiger partial charge on any atom is -0.493 e. The number of carbonyl (C=O) groups is 3. The van der Waals surface area contributed by atoms with Crippen molar-refractivity contribution in [2.24, 2.45) is 0 Å². The van der Waals surface area contributed by atoms with E-state index in [9.17, 15) is 14.4 Å². The predicted molar refractivity (Wildman–Crippen MR) is 100.0 cm³/mol. The van der Waals surface area contributed by atoms with Gasteiger partial charge in [0.15, 0.2) is 11.5 Å². The maximum absolute atomic E-state index is 12.8. The number of rotatable bonds is 4. The van der Waals surface area contributed by atoms with Crippen LogP contribution < -0.4 is 19.7 Å². The zero-order valence-electron chi connectivity index (χ0n) is 14.5. The number of nitrogens with zero attached hydrogens (tertiary/aromatic N) is 1. The summed E-state index contributed by atoms with van der Waals surface area (Å²) >= 11 is 6.17. The molecule has 0 spiro atoms. The number of barbiturate groups is 1. The Morgan fingerprint density at radius 1 is 1.04 bits per heavy atom. The summed E-state index contributed by atoms with van der Waals surface area (Å²) in [5, 5.41) is 2.42. The lowest BCUT2D eigenvalue weighted by Crippen LogP contribution is -2.54. The normalized spacial score (nSPS) is 15.7. The van der Waals surface area contributed by atoms with E-state index >= 15 is 0 Å². The highest BCUT2D eigenvalue weighted by Crippen LogP contribution is 2.36. The van der Waals surface area contributed by atoms with Gasteiger partial charge in [-0.2, -0.15) is 0 Å². The lowest BCUT2D eigenvalue weighted by molar-refractivity contribution is -0.122. The van der Waals surface area contributed by atoms with Crippen molar-refractivity contribution in [1.82, 2.24) is 5.32 Å². The second-order valence-corrected chi connectivity index (χ2v) is 5.94. The molecule has 0 aromatic heterocycles. The van der Waals surface area contributed by atoms with Crippen LogP contribution in [0.2, 0.25) is 5.02 Å². The molecule has 27 heavy (non-hydrogen) atoms. The number of hydrogen-bond acceptors (Lipinski definition) is 5. The molecule has 0 saturated carbocycles. The zero-order chi connectivity index (χ0) is 19.6. The summed E-state index contributed by atoms with van der Waals surface area (Å²) in [5.41, 5.74) is 0.587. The van der Waals surface area contributed by atoms with Crippen LogP contribution in [0.1, 0.15) is 5.56 Å². The number of carbonyl (C=O) groups excluding carboxylic acids is 3. The van der Waals surface area contributed by atoms with Gasteiger partial charge in [-0.05, 0) is 35.9 Å². The second-order valence-electron chi connectivity index (χ2n) is 5.53. The van der Waals surface area contributed by atoms with Crippen molar-refractivity contribution in [3.8, 4) is 11.5 Å². The van der Waals surface area contributed by atoms with E-state index in [-0.39, 0.29) is 10.6 Å². The second kappa shape index (κ2) is 7.51. The van der Waals surface area contributed by atoms with Crippen LogP contribution in [0.3, 0.4) is 0 Å². The van der Waals surface area contributed by atoms with Gasteiger partial charge >= 0.3 is 6.03 Å². The Kier molecular flexibility index (Phi) is 5.14. The molecular weight excluding hydrogens is 372 g/mol. The zero-order valence-corrected chi connectivity index (χ0v) is 15.2. The van der Waals surface area contributed by atoms with Crippen LogP contribution in [0.5, 0.6) is 11.5 Å². The Morgan fingerprint density at radius 2 is 1.74 bits per heavy atom. The van der Waals surface area contributed by atoms with Crippen molar-refractivity contribution < 1.29 is 23.9 Å². The van der Waals surface area contributed by atoms with Gasteiger partial charge < -0.3 is 9.47 Å². The fourth-order valence-corrected chi connectivity index (χ4v) is 2.95. The van der Waals surface area contributed by atoms with Gasteiger partial charge in [-0.3, -0.25) is 14.9 Å². The molecule has 1 fully saturated rings. The van der Waals surface area contributed by atoms with Crippen LogP contribution in [0.15, 0.2) is 48.0 Å². The third-order valence-electron chi connectivity index (χ3n) is 3.88. The SMILES string of the molecule is COc1cc(/C=C2\C(=O)NC(=O)N(c3ccccc3)C2=O)cc(Cl)c1OC. The fraction of sp³-hybridized carbons (Fsp3) is 0.105. The molecule has 1 N–H and O–H groups in total. The largest absolute Gasteiger partial charge is 0.493 e. The molecule has 2 aromatic carbocycles. The summed E-state index contributed by atoms with van der Waals surface area (Å²) in [7, 11) is 2.89. The van der Waals surface area contributed by atoms with Crippen LogP contribution in [0.25, 0.3) is 6.08 Å². The van der Waals surface area contributed by atoms with Crippen molar-refractivity contribution in [2.45, 2.75) is 0 Å². The van der Waals surface area contributed by atoms with Crippen molar-refractivity contribution in [1.29, 1.82) is 0 Å². The van der Waals surface area contributed by atoms with Crippen LogP contribution in [0, 0.1) is 0 Å². The number of hydrogen-bond donors (Lipinski definition) is 1. The summed E-state index contributed by atoms with van der Waals surface area (Å²) in [6.07, 6.45) is 1.34. The standard InChI is InChI=1S/C19H15ClN2O5/c1-26-15-10-11(9-14(20)16(15)27-2)8-13-17(23)21-19(25)22(18(13)24)12-6-4-3-5-7-12/h3-10H,1-2H3,(H,21,23,25)/b13-8+. The van der Waals surface area contributed by atoms with Gasteiger partial charge in [0.2, 0.25) is 0 Å². The molecule has 138 valence electrons. The van der Waals surface area contributed by atoms with E-state index in [0.29, 0.717) is 22.7 Å². The molecule has 8 heteroatoms. The van der Waals surface area contributed by atoms with Crippen molar-refractivity contribution >= 4 is 41.2 Å². The van der Waals surface area contributed by atoms with Gasteiger partial charge in [-0.15, -0.1) is 0 Å². The molecule has 2 aromatic rings. The molecule has 0 radical (unpaired) electrons. The molecule has 3 rings (SSSR count). The van der Waals surface area contributed by atoms with Crippen molar-refractivity contribution in [3.05, 3.63) is 58.6 Å². The third-order valence-corrected chi connectivity index (χ3v) is 4.16. The molecule has 1 aliphatic rings. The number of imide groups is 2. The molecular formula is C19H15ClN2O5. The minimum absolute atomic E-state index is 0.207. The average Bonchev–Trinajstić information content (AvgIpc) is 2.65. The van der Waals surface area contributed by atoms with Crippen LogP contribution in [0.4, 0.5) is 10.5 Å². The fourth-order valence-electron chi connectivity index (χ4n) is 2.66. The minimum atomic E-state index is -0.807. The summed E-state index contributed by atoms with van der Waals surface area (Å²) in [4.78, 5) is 38.1. The first-order valence-corrected chi connectivity index (χ1v) is 8.22. The summed E-state index contributed by atoms with van der Waals surface area (Å²) in [6, 6.07) is 10.6. The number of urea groups is 1. The number of nitrogens with one attached hydrogen (secondary N) is 1. The molecule has 1 heterocycles. The first-order chi connectivity index (χ1) is 13.0. The average molecular weight is 387 g/mol. The lowest BCUT2D eigenvalue weighted by Gasteiger charge is -2.26. The van der Waals surface area contributed by atoms with Crippen LogP contribution in [-0.4, -0.2) is 32.1 Å². The number of ether oxygens (including phenoxy) is 2. The molecule has 4 amide bonds. The van der Waals surface area contributed by atoms with E-state index in [1.807, 2.05) is 0 Å². The lowest BCUT2D eigenvalue weighted by atomic mass is 10.1. The number of anilines is 1. The van der Waals surface area contributed by atoms with Crippen LogP contribution in [-0.2, 0) is 9.59 Å². The van der Waals surface area contributed by atoms with Gasteiger partial charge in [0.05, 0.1) is 24.9 Å². The molecule has 0 atom stereocenters. The van der Waals surface area contributed by atoms with E-state index in [4.69, 9.17) is 21.1 Å². The number of methoxy groups -OCH3 is 2. The van der Waals surface area contributed by atoms with Crippen molar-refractivity contribution in [2.75, 3.05) is 19.1 Å². The van der Waals surface area contributed by atoms with Crippen LogP contribution >= 0.6 is 11.6 Å². The Hall–Kier alpha value is -3.32. The molecule has 0 unspecified atom stereocenters. The van der Waals surface area contributed by atoms with Crippen molar-refractivity contribution in [3.63, 3.8) is 0 Å². The Bertz CT molecular complexity index is 956. The number of amides is 4. The van der Waals surface area contributed by atoms with E-state index in [1.165, 1.54) is 26.4 Å². The van der Waals surface area contributed by atoms with Gasteiger partial charge in [-0.1, -0.05) is 29.8 Å². The van der Waals surface area contributed by atoms with E-state index < -0.39 is 17.8 Å². The maximum Gasteiger partial charge on any atom is 0.335 e.